The molecule has 122 valence electrons. The summed E-state index contributed by atoms with van der Waals surface area (Å²) in [7, 11) is 0. The zero-order valence-corrected chi connectivity index (χ0v) is 12.3. The average Bonchev–Trinajstić information content (AvgIpc) is 3.36. The van der Waals surface area contributed by atoms with Gasteiger partial charge >= 0.3 is 11.8 Å². The molecule has 4 fully saturated rings. The van der Waals surface area contributed by atoms with Crippen LogP contribution < -0.4 is 0 Å². The van der Waals surface area contributed by atoms with E-state index in [2.05, 4.69) is 0 Å². The predicted octanol–water partition coefficient (Wildman–Crippen LogP) is -1.76. The van der Waals surface area contributed by atoms with Crippen LogP contribution in [0.25, 0.3) is 0 Å². The number of nitrogens with zero attached hydrogens (tertiary/aromatic N) is 2. The van der Waals surface area contributed by atoms with Crippen LogP contribution >= 0.6 is 0 Å². The van der Waals surface area contributed by atoms with Gasteiger partial charge in [0.15, 0.2) is 0 Å². The lowest BCUT2D eigenvalue weighted by atomic mass is 10.3. The topological polar surface area (TPSA) is 90.7 Å². The van der Waals surface area contributed by atoms with E-state index < -0.39 is 11.8 Å². The number of rotatable bonds is 8. The third-order valence-electron chi connectivity index (χ3n) is 4.06. The SMILES string of the molecule is O=C(C(=O)N(CC1CO1)CC1CO1)N(CC1CO1)CC1CO1. The molecule has 4 unspecified atom stereocenters. The van der Waals surface area contributed by atoms with E-state index in [0.717, 1.165) is 0 Å². The Kier molecular flexibility index (Phi) is 3.77. The molecule has 22 heavy (non-hydrogen) atoms. The van der Waals surface area contributed by atoms with E-state index in [4.69, 9.17) is 18.9 Å². The molecule has 4 rings (SSSR count). The van der Waals surface area contributed by atoms with Gasteiger partial charge in [0.05, 0.1) is 50.8 Å². The van der Waals surface area contributed by atoms with Gasteiger partial charge in [0.1, 0.15) is 0 Å². The molecule has 0 spiro atoms. The van der Waals surface area contributed by atoms with Crippen molar-refractivity contribution in [3.05, 3.63) is 0 Å². The number of hydrogen-bond acceptors (Lipinski definition) is 6. The van der Waals surface area contributed by atoms with Crippen molar-refractivity contribution in [1.29, 1.82) is 0 Å². The van der Waals surface area contributed by atoms with Gasteiger partial charge in [-0.25, -0.2) is 0 Å². The standard InChI is InChI=1S/C14H20N2O6/c17-13(15(1-9-5-19-9)2-10-6-20-10)14(18)16(3-11-7-21-11)4-12-8-22-12/h9-12H,1-8H2. The average molecular weight is 312 g/mol. The maximum Gasteiger partial charge on any atom is 0.312 e. The summed E-state index contributed by atoms with van der Waals surface area (Å²) in [5, 5.41) is 0. The fourth-order valence-electron chi connectivity index (χ4n) is 2.43. The van der Waals surface area contributed by atoms with Gasteiger partial charge in [-0.15, -0.1) is 0 Å². The first-order valence-corrected chi connectivity index (χ1v) is 7.73. The highest BCUT2D eigenvalue weighted by Gasteiger charge is 2.39. The molecular weight excluding hydrogens is 292 g/mol. The van der Waals surface area contributed by atoms with Crippen molar-refractivity contribution in [3.63, 3.8) is 0 Å². The lowest BCUT2D eigenvalue weighted by Crippen LogP contribution is -2.49. The third-order valence-corrected chi connectivity index (χ3v) is 4.06. The number of carbonyl (C=O) groups is 2. The van der Waals surface area contributed by atoms with Crippen molar-refractivity contribution in [2.45, 2.75) is 24.4 Å². The van der Waals surface area contributed by atoms with Crippen LogP contribution in [0.15, 0.2) is 0 Å². The molecule has 0 N–H and O–H groups in total. The molecule has 0 bridgehead atoms. The monoisotopic (exact) mass is 312 g/mol. The molecule has 2 amide bonds. The molecule has 4 heterocycles. The third kappa shape index (κ3) is 3.95. The second-order valence-corrected chi connectivity index (χ2v) is 6.24. The van der Waals surface area contributed by atoms with Gasteiger partial charge in [-0.1, -0.05) is 0 Å². The van der Waals surface area contributed by atoms with Gasteiger partial charge in [-0.2, -0.15) is 0 Å². The lowest BCUT2D eigenvalue weighted by molar-refractivity contribution is -0.152. The summed E-state index contributed by atoms with van der Waals surface area (Å²) in [5.74, 6) is -0.959. The maximum atomic E-state index is 12.6. The fourth-order valence-corrected chi connectivity index (χ4v) is 2.43. The number of amides is 2. The molecule has 8 nitrogen and oxygen atoms in total. The molecule has 0 saturated carbocycles. The van der Waals surface area contributed by atoms with Crippen LogP contribution in [-0.4, -0.2) is 98.6 Å². The minimum atomic E-state index is -0.479. The number of hydrogen-bond donors (Lipinski definition) is 0. The summed E-state index contributed by atoms with van der Waals surface area (Å²) < 4.78 is 20.7. The Morgan fingerprint density at radius 1 is 0.636 bits per heavy atom. The number of epoxide rings is 4. The molecule has 4 saturated heterocycles. The van der Waals surface area contributed by atoms with E-state index in [1.807, 2.05) is 0 Å². The normalized spacial score (nSPS) is 34.0. The molecule has 4 aliphatic heterocycles. The van der Waals surface area contributed by atoms with Gasteiger partial charge in [-0.05, 0) is 0 Å². The van der Waals surface area contributed by atoms with Crippen molar-refractivity contribution < 1.29 is 28.5 Å². The van der Waals surface area contributed by atoms with Gasteiger partial charge in [0.2, 0.25) is 0 Å². The van der Waals surface area contributed by atoms with Gasteiger partial charge in [0, 0.05) is 26.2 Å². The lowest BCUT2D eigenvalue weighted by Gasteiger charge is -2.25. The largest absolute Gasteiger partial charge is 0.371 e. The zero-order chi connectivity index (χ0) is 15.1. The quantitative estimate of drug-likeness (QED) is 0.389. The fraction of sp³-hybridized carbons (Fsp3) is 0.857. The van der Waals surface area contributed by atoms with Gasteiger partial charge in [-0.3, -0.25) is 9.59 Å². The Morgan fingerprint density at radius 2 is 0.864 bits per heavy atom. The second kappa shape index (κ2) is 5.77. The predicted molar refractivity (Wildman–Crippen MR) is 72.1 cm³/mol. The van der Waals surface area contributed by atoms with E-state index >= 15 is 0 Å². The van der Waals surface area contributed by atoms with Crippen LogP contribution in [0, 0.1) is 0 Å². The Labute approximate surface area is 128 Å². The van der Waals surface area contributed by atoms with Crippen LogP contribution in [0.4, 0.5) is 0 Å². The van der Waals surface area contributed by atoms with E-state index in [1.54, 1.807) is 9.80 Å². The molecular formula is C14H20N2O6. The maximum absolute atomic E-state index is 12.6. The summed E-state index contributed by atoms with van der Waals surface area (Å²) in [4.78, 5) is 28.2. The first-order chi connectivity index (χ1) is 10.7. The molecule has 0 radical (unpaired) electrons. The summed E-state index contributed by atoms with van der Waals surface area (Å²) in [6.45, 7) is 4.43. The minimum Gasteiger partial charge on any atom is -0.371 e. The van der Waals surface area contributed by atoms with Crippen LogP contribution in [-0.2, 0) is 28.5 Å². The van der Waals surface area contributed by atoms with E-state index in [-0.39, 0.29) is 24.4 Å². The highest BCUT2D eigenvalue weighted by molar-refractivity contribution is 6.35. The van der Waals surface area contributed by atoms with E-state index in [9.17, 15) is 9.59 Å². The second-order valence-electron chi connectivity index (χ2n) is 6.24. The van der Waals surface area contributed by atoms with Crippen molar-refractivity contribution in [2.75, 3.05) is 52.6 Å². The van der Waals surface area contributed by atoms with Crippen LogP contribution in [0.5, 0.6) is 0 Å². The van der Waals surface area contributed by atoms with Crippen molar-refractivity contribution in [1.82, 2.24) is 9.80 Å². The van der Waals surface area contributed by atoms with Crippen molar-refractivity contribution in [3.8, 4) is 0 Å². The minimum absolute atomic E-state index is 0.0579. The van der Waals surface area contributed by atoms with E-state index in [0.29, 0.717) is 52.6 Å². The van der Waals surface area contributed by atoms with Gasteiger partial charge < -0.3 is 28.7 Å². The van der Waals surface area contributed by atoms with Crippen LogP contribution in [0.3, 0.4) is 0 Å². The molecule has 0 aromatic heterocycles. The number of carbonyl (C=O) groups excluding carboxylic acids is 2. The molecule has 4 atom stereocenters. The smallest absolute Gasteiger partial charge is 0.312 e. The molecule has 8 heteroatoms. The Hall–Kier alpha value is -1.22. The molecule has 0 aromatic carbocycles. The van der Waals surface area contributed by atoms with Crippen LogP contribution in [0.1, 0.15) is 0 Å². The van der Waals surface area contributed by atoms with Gasteiger partial charge in [0.25, 0.3) is 0 Å². The molecule has 0 aliphatic carbocycles. The Bertz CT molecular complexity index is 386. The first kappa shape index (κ1) is 14.4. The number of ether oxygens (including phenoxy) is 4. The molecule has 4 aliphatic rings. The molecule has 0 aromatic rings. The van der Waals surface area contributed by atoms with Crippen molar-refractivity contribution in [2.24, 2.45) is 0 Å². The van der Waals surface area contributed by atoms with Crippen LogP contribution in [0.2, 0.25) is 0 Å². The zero-order valence-electron chi connectivity index (χ0n) is 12.3. The summed E-state index contributed by atoms with van der Waals surface area (Å²) >= 11 is 0. The Balaban J connectivity index is 1.38. The summed E-state index contributed by atoms with van der Waals surface area (Å²) in [5.41, 5.74) is 0. The van der Waals surface area contributed by atoms with E-state index in [1.165, 1.54) is 0 Å². The highest BCUT2D eigenvalue weighted by Crippen LogP contribution is 2.19. The Morgan fingerprint density at radius 3 is 1.05 bits per heavy atom. The first-order valence-electron chi connectivity index (χ1n) is 7.73. The highest BCUT2D eigenvalue weighted by atomic mass is 16.6. The summed E-state index contributed by atoms with van der Waals surface area (Å²) in [6.07, 6.45) is 0.231. The van der Waals surface area contributed by atoms with Crippen molar-refractivity contribution >= 4 is 11.8 Å². The summed E-state index contributed by atoms with van der Waals surface area (Å²) in [6, 6.07) is 0.